The molecule has 0 bridgehead atoms. The third-order valence-electron chi connectivity index (χ3n) is 6.31. The normalized spacial score (nSPS) is 15.3. The molecule has 1 heterocycles. The fraction of sp³-hybridized carbons (Fsp3) is 0.231. The van der Waals surface area contributed by atoms with Crippen molar-refractivity contribution in [3.05, 3.63) is 83.2 Å². The van der Waals surface area contributed by atoms with Gasteiger partial charge in [-0.3, -0.25) is 9.59 Å². The summed E-state index contributed by atoms with van der Waals surface area (Å²) in [6, 6.07) is 17.5. The Hall–Kier alpha value is -3.67. The van der Waals surface area contributed by atoms with Gasteiger partial charge < -0.3 is 14.8 Å². The van der Waals surface area contributed by atoms with Crippen LogP contribution in [0.4, 0.5) is 4.39 Å². The van der Waals surface area contributed by atoms with Gasteiger partial charge in [-0.05, 0) is 71.5 Å². The van der Waals surface area contributed by atoms with Gasteiger partial charge in [0.1, 0.15) is 11.6 Å². The van der Waals surface area contributed by atoms with Gasteiger partial charge in [-0.2, -0.15) is 0 Å². The molecule has 6 heteroatoms. The lowest BCUT2D eigenvalue weighted by Gasteiger charge is -2.16. The lowest BCUT2D eigenvalue weighted by Crippen LogP contribution is -2.23. The standard InChI is InChI=1S/C26H22FNO4/c1-28-25(30)17-4-2-16(3-5-17)18-6-8-21(27)19(12-18)13-24(29)26(10-11-26)20-7-9-22-23(14-20)32-15-31-22/h2-9,12,14H,10-11,13,15H2,1H3,(H,28,30). The largest absolute Gasteiger partial charge is 0.454 e. The van der Waals surface area contributed by atoms with Gasteiger partial charge in [-0.1, -0.05) is 24.3 Å². The Bertz CT molecular complexity index is 1210. The second kappa shape index (κ2) is 7.79. The first kappa shape index (κ1) is 20.2. The molecule has 1 aliphatic carbocycles. The predicted octanol–water partition coefficient (Wildman–Crippen LogP) is 4.42. The van der Waals surface area contributed by atoms with E-state index in [0.717, 1.165) is 29.5 Å². The molecule has 1 saturated carbocycles. The van der Waals surface area contributed by atoms with Gasteiger partial charge in [0.15, 0.2) is 11.5 Å². The van der Waals surface area contributed by atoms with Crippen LogP contribution in [0.3, 0.4) is 0 Å². The summed E-state index contributed by atoms with van der Waals surface area (Å²) in [4.78, 5) is 25.0. The van der Waals surface area contributed by atoms with E-state index in [9.17, 15) is 14.0 Å². The van der Waals surface area contributed by atoms with Crippen LogP contribution >= 0.6 is 0 Å². The summed E-state index contributed by atoms with van der Waals surface area (Å²) in [5.74, 6) is 0.765. The minimum atomic E-state index is -0.585. The van der Waals surface area contributed by atoms with Crippen LogP contribution in [0, 0.1) is 5.82 Å². The zero-order valence-electron chi connectivity index (χ0n) is 17.6. The van der Waals surface area contributed by atoms with E-state index < -0.39 is 11.2 Å². The van der Waals surface area contributed by atoms with Crippen molar-refractivity contribution in [1.29, 1.82) is 0 Å². The van der Waals surface area contributed by atoms with Crippen molar-refractivity contribution in [1.82, 2.24) is 5.32 Å². The minimum absolute atomic E-state index is 0.00220. The second-order valence-corrected chi connectivity index (χ2v) is 8.21. The van der Waals surface area contributed by atoms with E-state index in [1.165, 1.54) is 6.07 Å². The fourth-order valence-corrected chi connectivity index (χ4v) is 4.24. The summed E-state index contributed by atoms with van der Waals surface area (Å²) in [5, 5.41) is 2.59. The number of hydrogen-bond donors (Lipinski definition) is 1. The Balaban J connectivity index is 1.38. The molecule has 0 unspecified atom stereocenters. The van der Waals surface area contributed by atoms with Gasteiger partial charge in [0.2, 0.25) is 6.79 Å². The second-order valence-electron chi connectivity index (χ2n) is 8.21. The topological polar surface area (TPSA) is 64.6 Å². The number of ether oxygens (including phenoxy) is 2. The lowest BCUT2D eigenvalue weighted by molar-refractivity contribution is -0.120. The van der Waals surface area contributed by atoms with Crippen LogP contribution in [0.2, 0.25) is 0 Å². The van der Waals surface area contributed by atoms with Gasteiger partial charge in [-0.25, -0.2) is 4.39 Å². The molecule has 0 saturated heterocycles. The van der Waals surface area contributed by atoms with Crippen molar-refractivity contribution in [2.45, 2.75) is 24.7 Å². The van der Waals surface area contributed by atoms with E-state index in [4.69, 9.17) is 9.47 Å². The maximum atomic E-state index is 14.6. The molecular formula is C26H22FNO4. The number of fused-ring (bicyclic) bond motifs is 1. The highest BCUT2D eigenvalue weighted by Crippen LogP contribution is 2.51. The van der Waals surface area contributed by atoms with Crippen molar-refractivity contribution in [3.63, 3.8) is 0 Å². The molecule has 5 nitrogen and oxygen atoms in total. The summed E-state index contributed by atoms with van der Waals surface area (Å²) in [5.41, 5.74) is 2.88. The number of benzene rings is 3. The molecule has 32 heavy (non-hydrogen) atoms. The van der Waals surface area contributed by atoms with Crippen molar-refractivity contribution in [2.75, 3.05) is 13.8 Å². The molecule has 1 fully saturated rings. The van der Waals surface area contributed by atoms with Crippen molar-refractivity contribution in [2.24, 2.45) is 0 Å². The van der Waals surface area contributed by atoms with Gasteiger partial charge in [0.05, 0.1) is 5.41 Å². The molecule has 0 spiro atoms. The summed E-state index contributed by atoms with van der Waals surface area (Å²) >= 11 is 0. The van der Waals surface area contributed by atoms with Gasteiger partial charge >= 0.3 is 0 Å². The average molecular weight is 431 g/mol. The van der Waals surface area contributed by atoms with E-state index >= 15 is 0 Å². The number of rotatable bonds is 6. The maximum Gasteiger partial charge on any atom is 0.251 e. The molecule has 3 aromatic carbocycles. The van der Waals surface area contributed by atoms with E-state index in [1.54, 1.807) is 31.3 Å². The summed E-state index contributed by atoms with van der Waals surface area (Å²) in [7, 11) is 1.58. The Morgan fingerprint density at radius 1 is 0.938 bits per heavy atom. The summed E-state index contributed by atoms with van der Waals surface area (Å²) in [6.07, 6.45) is 1.51. The lowest BCUT2D eigenvalue weighted by atomic mass is 9.87. The molecule has 1 N–H and O–H groups in total. The number of carbonyl (C=O) groups excluding carboxylic acids is 2. The average Bonchev–Trinajstić information content (AvgIpc) is 3.51. The molecule has 0 atom stereocenters. The molecule has 0 aromatic heterocycles. The highest BCUT2D eigenvalue weighted by molar-refractivity contribution is 5.95. The molecule has 0 radical (unpaired) electrons. The number of nitrogens with one attached hydrogen (secondary N) is 1. The predicted molar refractivity (Wildman–Crippen MR) is 117 cm³/mol. The van der Waals surface area contributed by atoms with Crippen molar-refractivity contribution < 1.29 is 23.5 Å². The first-order valence-corrected chi connectivity index (χ1v) is 10.5. The number of amides is 1. The number of carbonyl (C=O) groups is 2. The molecule has 162 valence electrons. The van der Waals surface area contributed by atoms with E-state index in [0.29, 0.717) is 22.6 Å². The quantitative estimate of drug-likeness (QED) is 0.627. The number of ketones is 1. The van der Waals surface area contributed by atoms with E-state index in [2.05, 4.69) is 5.32 Å². The highest BCUT2D eigenvalue weighted by atomic mass is 19.1. The molecule has 3 aromatic rings. The molecule has 2 aliphatic rings. The Kier molecular flexibility index (Phi) is 4.93. The number of halogens is 1. The van der Waals surface area contributed by atoms with Crippen LogP contribution in [-0.4, -0.2) is 25.5 Å². The Morgan fingerprint density at radius 3 is 2.38 bits per heavy atom. The van der Waals surface area contributed by atoms with Crippen LogP contribution in [-0.2, 0) is 16.6 Å². The SMILES string of the molecule is CNC(=O)c1ccc(-c2ccc(F)c(CC(=O)C3(c4ccc5c(c4)OCO5)CC3)c2)cc1. The third kappa shape index (κ3) is 3.51. The smallest absolute Gasteiger partial charge is 0.251 e. The fourth-order valence-electron chi connectivity index (χ4n) is 4.24. The van der Waals surface area contributed by atoms with Crippen LogP contribution in [0.25, 0.3) is 11.1 Å². The van der Waals surface area contributed by atoms with Crippen LogP contribution < -0.4 is 14.8 Å². The molecule has 1 amide bonds. The first-order chi connectivity index (χ1) is 15.5. The third-order valence-corrected chi connectivity index (χ3v) is 6.31. The molecular weight excluding hydrogens is 409 g/mol. The summed E-state index contributed by atoms with van der Waals surface area (Å²) in [6.45, 7) is 0.182. The van der Waals surface area contributed by atoms with Gasteiger partial charge in [0, 0.05) is 19.0 Å². The van der Waals surface area contributed by atoms with Gasteiger partial charge in [0.25, 0.3) is 5.91 Å². The number of hydrogen-bond acceptors (Lipinski definition) is 4. The first-order valence-electron chi connectivity index (χ1n) is 10.5. The van der Waals surface area contributed by atoms with E-state index in [-0.39, 0.29) is 24.9 Å². The van der Waals surface area contributed by atoms with Gasteiger partial charge in [-0.15, -0.1) is 0 Å². The Morgan fingerprint density at radius 2 is 1.66 bits per heavy atom. The maximum absolute atomic E-state index is 14.6. The molecule has 5 rings (SSSR count). The summed E-state index contributed by atoms with van der Waals surface area (Å²) < 4.78 is 25.4. The monoisotopic (exact) mass is 431 g/mol. The van der Waals surface area contributed by atoms with Crippen LogP contribution in [0.15, 0.2) is 60.7 Å². The zero-order valence-corrected chi connectivity index (χ0v) is 17.6. The minimum Gasteiger partial charge on any atom is -0.454 e. The van der Waals surface area contributed by atoms with Crippen molar-refractivity contribution >= 4 is 11.7 Å². The van der Waals surface area contributed by atoms with E-state index in [1.807, 2.05) is 30.3 Å². The van der Waals surface area contributed by atoms with Crippen molar-refractivity contribution in [3.8, 4) is 22.6 Å². The highest BCUT2D eigenvalue weighted by Gasteiger charge is 2.51. The number of Topliss-reactive ketones (excluding diaryl/α,β-unsaturated/α-hetero) is 1. The van der Waals surface area contributed by atoms with Crippen LogP contribution in [0.1, 0.15) is 34.3 Å². The molecule has 1 aliphatic heterocycles. The Labute approximate surface area is 185 Å². The zero-order chi connectivity index (χ0) is 22.3. The van der Waals surface area contributed by atoms with Crippen LogP contribution in [0.5, 0.6) is 11.5 Å².